The Morgan fingerprint density at radius 3 is 2.74 bits per heavy atom. The number of hydrogen-bond donors (Lipinski definition) is 1. The summed E-state index contributed by atoms with van der Waals surface area (Å²) in [6.07, 6.45) is 1.52. The average Bonchev–Trinajstić information content (AvgIpc) is 2.95. The molecule has 2 heterocycles. The second kappa shape index (κ2) is 5.32. The van der Waals surface area contributed by atoms with Crippen LogP contribution in [0.15, 0.2) is 27.0 Å². The minimum absolute atomic E-state index is 0.193. The maximum atomic E-state index is 12.5. The normalized spacial score (nSPS) is 12.2. The maximum Gasteiger partial charge on any atom is 0.254 e. The minimum Gasteiger partial charge on any atom is -0.468 e. The van der Waals surface area contributed by atoms with Gasteiger partial charge in [-0.25, -0.2) is 13.4 Å². The van der Waals surface area contributed by atoms with Crippen molar-refractivity contribution < 1.29 is 12.8 Å². The molecular formula is C11H15N3O3S2. The van der Waals surface area contributed by atoms with Gasteiger partial charge in [0.1, 0.15) is 5.76 Å². The van der Waals surface area contributed by atoms with Gasteiger partial charge in [-0.1, -0.05) is 18.3 Å². The van der Waals surface area contributed by atoms with Crippen molar-refractivity contribution in [3.8, 4) is 0 Å². The van der Waals surface area contributed by atoms with Crippen LogP contribution in [0.4, 0.5) is 5.13 Å². The van der Waals surface area contributed by atoms with E-state index in [4.69, 9.17) is 10.2 Å². The van der Waals surface area contributed by atoms with Crippen LogP contribution in [0.1, 0.15) is 18.4 Å². The van der Waals surface area contributed by atoms with E-state index in [2.05, 4.69) is 4.98 Å². The molecule has 2 aromatic rings. The van der Waals surface area contributed by atoms with Crippen LogP contribution in [-0.4, -0.2) is 24.3 Å². The fourth-order valence-electron chi connectivity index (χ4n) is 1.70. The van der Waals surface area contributed by atoms with Gasteiger partial charge in [0, 0.05) is 6.54 Å². The molecule has 0 radical (unpaired) electrons. The first-order valence-corrected chi connectivity index (χ1v) is 7.96. The molecule has 6 nitrogen and oxygen atoms in total. The van der Waals surface area contributed by atoms with Crippen LogP contribution in [0.25, 0.3) is 0 Å². The van der Waals surface area contributed by atoms with E-state index in [-0.39, 0.29) is 15.9 Å². The molecule has 0 amide bonds. The van der Waals surface area contributed by atoms with Crippen molar-refractivity contribution in [2.45, 2.75) is 24.6 Å². The Morgan fingerprint density at radius 2 is 2.26 bits per heavy atom. The van der Waals surface area contributed by atoms with Crippen molar-refractivity contribution in [3.05, 3.63) is 29.9 Å². The predicted octanol–water partition coefficient (Wildman–Crippen LogP) is 1.84. The van der Waals surface area contributed by atoms with Gasteiger partial charge in [-0.05, 0) is 19.1 Å². The van der Waals surface area contributed by atoms with Crippen LogP contribution in [0, 0.1) is 6.92 Å². The zero-order valence-corrected chi connectivity index (χ0v) is 12.3. The van der Waals surface area contributed by atoms with E-state index in [0.29, 0.717) is 18.0 Å². The van der Waals surface area contributed by atoms with E-state index in [1.807, 2.05) is 0 Å². The monoisotopic (exact) mass is 301 g/mol. The zero-order valence-electron chi connectivity index (χ0n) is 10.7. The Morgan fingerprint density at radius 1 is 1.53 bits per heavy atom. The Labute approximate surface area is 115 Å². The lowest BCUT2D eigenvalue weighted by Crippen LogP contribution is -2.30. The number of rotatable bonds is 5. The van der Waals surface area contributed by atoms with Gasteiger partial charge in [0.2, 0.25) is 0 Å². The highest BCUT2D eigenvalue weighted by atomic mass is 32.2. The molecule has 0 atom stereocenters. The first kappa shape index (κ1) is 14.0. The second-order valence-corrected chi connectivity index (χ2v) is 7.10. The molecule has 0 aliphatic rings. The van der Waals surface area contributed by atoms with Crippen molar-refractivity contribution in [1.29, 1.82) is 0 Å². The summed E-state index contributed by atoms with van der Waals surface area (Å²) in [5, 5.41) is 0.255. The van der Waals surface area contributed by atoms with Gasteiger partial charge in [-0.3, -0.25) is 0 Å². The molecule has 0 fully saturated rings. The molecule has 0 bridgehead atoms. The number of anilines is 1. The molecule has 8 heteroatoms. The van der Waals surface area contributed by atoms with Crippen molar-refractivity contribution in [2.24, 2.45) is 0 Å². The highest BCUT2D eigenvalue weighted by molar-refractivity contribution is 7.91. The van der Waals surface area contributed by atoms with E-state index in [0.717, 1.165) is 11.3 Å². The lowest BCUT2D eigenvalue weighted by molar-refractivity contribution is 0.376. The predicted molar refractivity (Wildman–Crippen MR) is 73.2 cm³/mol. The van der Waals surface area contributed by atoms with E-state index in [9.17, 15) is 8.42 Å². The summed E-state index contributed by atoms with van der Waals surface area (Å²) in [5.74, 6) is 0.598. The van der Waals surface area contributed by atoms with E-state index >= 15 is 0 Å². The first-order valence-electron chi connectivity index (χ1n) is 5.70. The molecule has 0 spiro atoms. The average molecular weight is 301 g/mol. The van der Waals surface area contributed by atoms with E-state index in [1.165, 1.54) is 10.6 Å². The number of aromatic nitrogens is 1. The highest BCUT2D eigenvalue weighted by Crippen LogP contribution is 2.28. The Hall–Kier alpha value is -1.38. The molecular weight excluding hydrogens is 286 g/mol. The summed E-state index contributed by atoms with van der Waals surface area (Å²) >= 11 is 0.984. The summed E-state index contributed by atoms with van der Waals surface area (Å²) in [6.45, 7) is 3.96. The lowest BCUT2D eigenvalue weighted by atomic mass is 10.4. The van der Waals surface area contributed by atoms with E-state index in [1.54, 1.807) is 26.0 Å². The summed E-state index contributed by atoms with van der Waals surface area (Å²) < 4.78 is 31.8. The van der Waals surface area contributed by atoms with Crippen LogP contribution >= 0.6 is 11.3 Å². The Kier molecular flexibility index (Phi) is 3.93. The van der Waals surface area contributed by atoms with Gasteiger partial charge in [0.15, 0.2) is 9.34 Å². The molecule has 0 saturated carbocycles. The third kappa shape index (κ3) is 2.80. The van der Waals surface area contributed by atoms with Gasteiger partial charge in [0.05, 0.1) is 18.5 Å². The third-order valence-corrected chi connectivity index (χ3v) is 6.10. The number of thiazole rings is 1. The van der Waals surface area contributed by atoms with Gasteiger partial charge >= 0.3 is 0 Å². The lowest BCUT2D eigenvalue weighted by Gasteiger charge is -2.18. The van der Waals surface area contributed by atoms with Crippen LogP contribution in [0.3, 0.4) is 0 Å². The van der Waals surface area contributed by atoms with Crippen molar-refractivity contribution >= 4 is 26.5 Å². The van der Waals surface area contributed by atoms with Crippen molar-refractivity contribution in [3.63, 3.8) is 0 Å². The van der Waals surface area contributed by atoms with E-state index < -0.39 is 10.0 Å². The van der Waals surface area contributed by atoms with Crippen LogP contribution in [-0.2, 0) is 16.6 Å². The molecule has 2 aromatic heterocycles. The zero-order chi connectivity index (χ0) is 14.0. The third-order valence-electron chi connectivity index (χ3n) is 2.61. The van der Waals surface area contributed by atoms with Crippen LogP contribution in [0.2, 0.25) is 0 Å². The first-order chi connectivity index (χ1) is 8.95. The molecule has 0 aliphatic carbocycles. The van der Waals surface area contributed by atoms with Crippen LogP contribution in [0.5, 0.6) is 0 Å². The number of nitrogen functional groups attached to an aromatic ring is 1. The fraction of sp³-hybridized carbons (Fsp3) is 0.364. The number of hydrogen-bond acceptors (Lipinski definition) is 6. The number of sulfonamides is 1. The number of furan rings is 1. The van der Waals surface area contributed by atoms with Gasteiger partial charge in [-0.15, -0.1) is 0 Å². The summed E-state index contributed by atoms with van der Waals surface area (Å²) in [5.41, 5.74) is 5.99. The van der Waals surface area contributed by atoms with Gasteiger partial charge < -0.3 is 10.2 Å². The quantitative estimate of drug-likeness (QED) is 0.910. The van der Waals surface area contributed by atoms with Crippen molar-refractivity contribution in [2.75, 3.05) is 12.3 Å². The Bertz CT molecular complexity index is 647. The molecule has 0 aromatic carbocycles. The van der Waals surface area contributed by atoms with Gasteiger partial charge in [-0.2, -0.15) is 4.31 Å². The van der Waals surface area contributed by atoms with Crippen molar-refractivity contribution in [1.82, 2.24) is 9.29 Å². The number of nitrogens with zero attached hydrogens (tertiary/aromatic N) is 2. The molecule has 19 heavy (non-hydrogen) atoms. The smallest absolute Gasteiger partial charge is 0.254 e. The maximum absolute atomic E-state index is 12.5. The summed E-state index contributed by atoms with van der Waals surface area (Å²) in [4.78, 5) is 3.96. The summed E-state index contributed by atoms with van der Waals surface area (Å²) in [7, 11) is -3.59. The second-order valence-electron chi connectivity index (χ2n) is 3.94. The molecule has 0 unspecified atom stereocenters. The topological polar surface area (TPSA) is 89.4 Å². The van der Waals surface area contributed by atoms with Gasteiger partial charge in [0.25, 0.3) is 10.0 Å². The standard InChI is InChI=1S/C11H15N3O3S2/c1-3-14(7-9-5-4-6-17-9)19(15,16)10-8(2)13-11(12)18-10/h4-6H,3,7H2,1-2H3,(H2,12,13). The highest BCUT2D eigenvalue weighted by Gasteiger charge is 2.28. The molecule has 104 valence electrons. The Balaban J connectivity index is 2.33. The molecule has 0 aliphatic heterocycles. The minimum atomic E-state index is -3.59. The number of nitrogens with two attached hydrogens (primary N) is 1. The molecule has 0 saturated heterocycles. The number of aryl methyl sites for hydroxylation is 1. The largest absolute Gasteiger partial charge is 0.468 e. The fourth-order valence-corrected chi connectivity index (χ4v) is 4.55. The SMILES string of the molecule is CCN(Cc1ccco1)S(=O)(=O)c1sc(N)nc1C. The van der Waals surface area contributed by atoms with Crippen LogP contribution < -0.4 is 5.73 Å². The molecule has 2 N–H and O–H groups in total. The summed E-state index contributed by atoms with van der Waals surface area (Å²) in [6, 6.07) is 3.47. The molecule has 2 rings (SSSR count).